The number of nitrogens with one attached hydrogen (secondary N) is 1. The normalized spacial score (nSPS) is 23.2. The zero-order valence-electron chi connectivity index (χ0n) is 11.1. The fourth-order valence-electron chi connectivity index (χ4n) is 2.68. The van der Waals surface area contributed by atoms with Crippen LogP contribution in [0.15, 0.2) is 24.3 Å². The minimum Gasteiger partial charge on any atom is -0.317 e. The summed E-state index contributed by atoms with van der Waals surface area (Å²) in [5, 5.41) is 3.32. The number of alkyl halides is 3. The van der Waals surface area contributed by atoms with Crippen LogP contribution in [0.5, 0.6) is 0 Å². The first-order valence-electron chi connectivity index (χ1n) is 6.87. The third-order valence-electron chi connectivity index (χ3n) is 3.98. The van der Waals surface area contributed by atoms with E-state index in [1.807, 2.05) is 0 Å². The second-order valence-corrected chi connectivity index (χ2v) is 5.31. The maximum Gasteiger partial charge on any atom is 0.416 e. The highest BCUT2D eigenvalue weighted by Gasteiger charge is 2.32. The van der Waals surface area contributed by atoms with Crippen LogP contribution in [-0.2, 0) is 12.6 Å². The Kier molecular flexibility index (Phi) is 4.50. The van der Waals surface area contributed by atoms with Gasteiger partial charge in [0, 0.05) is 0 Å². The Morgan fingerprint density at radius 1 is 1.21 bits per heavy atom. The number of hydrogen-bond acceptors (Lipinski definition) is 1. The topological polar surface area (TPSA) is 12.0 Å². The predicted molar refractivity (Wildman–Crippen MR) is 69.9 cm³/mol. The molecule has 0 heterocycles. The van der Waals surface area contributed by atoms with Crippen molar-refractivity contribution in [2.24, 2.45) is 11.8 Å². The molecule has 19 heavy (non-hydrogen) atoms. The molecule has 2 unspecified atom stereocenters. The lowest BCUT2D eigenvalue weighted by Gasteiger charge is -2.37. The first-order chi connectivity index (χ1) is 9.00. The van der Waals surface area contributed by atoms with Crippen LogP contribution in [-0.4, -0.2) is 13.1 Å². The molecule has 1 aromatic carbocycles. The van der Waals surface area contributed by atoms with E-state index in [-0.39, 0.29) is 0 Å². The lowest BCUT2D eigenvalue weighted by molar-refractivity contribution is -0.137. The van der Waals surface area contributed by atoms with Crippen LogP contribution in [0.4, 0.5) is 13.2 Å². The Labute approximate surface area is 112 Å². The van der Waals surface area contributed by atoms with Crippen molar-refractivity contribution >= 4 is 0 Å². The van der Waals surface area contributed by atoms with Crippen LogP contribution in [0.3, 0.4) is 0 Å². The van der Waals surface area contributed by atoms with Crippen LogP contribution in [0.1, 0.15) is 30.9 Å². The zero-order valence-corrected chi connectivity index (χ0v) is 11.1. The lowest BCUT2D eigenvalue weighted by atomic mass is 9.70. The quantitative estimate of drug-likeness (QED) is 0.857. The molecule has 1 N–H and O–H groups in total. The van der Waals surface area contributed by atoms with E-state index >= 15 is 0 Å². The van der Waals surface area contributed by atoms with Crippen molar-refractivity contribution in [1.29, 1.82) is 0 Å². The van der Waals surface area contributed by atoms with Crippen LogP contribution >= 0.6 is 0 Å². The summed E-state index contributed by atoms with van der Waals surface area (Å²) in [6, 6.07) is 5.75. The van der Waals surface area contributed by atoms with E-state index in [0.717, 1.165) is 37.6 Å². The van der Waals surface area contributed by atoms with Crippen molar-refractivity contribution in [2.45, 2.75) is 32.4 Å². The van der Waals surface area contributed by atoms with Gasteiger partial charge < -0.3 is 5.32 Å². The summed E-state index contributed by atoms with van der Waals surface area (Å²) >= 11 is 0. The number of benzene rings is 1. The molecular formula is C15H20F3N. The van der Waals surface area contributed by atoms with Gasteiger partial charge in [0.1, 0.15) is 0 Å². The standard InChI is InChI=1S/C15H20F3N/c1-2-19-10-13-7-6-12(13)8-11-4-3-5-14(9-11)15(16,17)18/h3-5,9,12-13,19H,2,6-8,10H2,1H3. The molecule has 1 nitrogen and oxygen atoms in total. The molecule has 0 aromatic heterocycles. The molecule has 0 amide bonds. The van der Waals surface area contributed by atoms with Crippen molar-refractivity contribution in [2.75, 3.05) is 13.1 Å². The molecule has 4 heteroatoms. The molecule has 106 valence electrons. The Balaban J connectivity index is 1.96. The van der Waals surface area contributed by atoms with Gasteiger partial charge in [-0.1, -0.05) is 25.1 Å². The highest BCUT2D eigenvalue weighted by Crippen LogP contribution is 2.37. The molecule has 2 rings (SSSR count). The van der Waals surface area contributed by atoms with Crippen LogP contribution in [0.2, 0.25) is 0 Å². The second-order valence-electron chi connectivity index (χ2n) is 5.31. The van der Waals surface area contributed by atoms with Gasteiger partial charge in [0.15, 0.2) is 0 Å². The molecule has 1 aromatic rings. The van der Waals surface area contributed by atoms with E-state index in [4.69, 9.17) is 0 Å². The van der Waals surface area contributed by atoms with E-state index in [1.165, 1.54) is 18.6 Å². The minimum absolute atomic E-state index is 0.530. The Hall–Kier alpha value is -1.03. The summed E-state index contributed by atoms with van der Waals surface area (Å²) < 4.78 is 37.9. The second kappa shape index (κ2) is 5.95. The third-order valence-corrected chi connectivity index (χ3v) is 3.98. The van der Waals surface area contributed by atoms with Gasteiger partial charge >= 0.3 is 6.18 Å². The van der Waals surface area contributed by atoms with Gasteiger partial charge in [0.2, 0.25) is 0 Å². The van der Waals surface area contributed by atoms with Crippen LogP contribution in [0.25, 0.3) is 0 Å². The Bertz CT molecular complexity index is 414. The van der Waals surface area contributed by atoms with Crippen molar-refractivity contribution in [3.63, 3.8) is 0 Å². The van der Waals surface area contributed by atoms with Crippen molar-refractivity contribution < 1.29 is 13.2 Å². The Morgan fingerprint density at radius 3 is 2.53 bits per heavy atom. The fraction of sp³-hybridized carbons (Fsp3) is 0.600. The van der Waals surface area contributed by atoms with Crippen molar-refractivity contribution in [3.05, 3.63) is 35.4 Å². The maximum absolute atomic E-state index is 12.6. The summed E-state index contributed by atoms with van der Waals surface area (Å²) in [6.45, 7) is 4.01. The summed E-state index contributed by atoms with van der Waals surface area (Å²) in [5.74, 6) is 1.15. The van der Waals surface area contributed by atoms with E-state index in [0.29, 0.717) is 11.8 Å². The monoisotopic (exact) mass is 271 g/mol. The molecule has 2 atom stereocenters. The van der Waals surface area contributed by atoms with Crippen LogP contribution < -0.4 is 5.32 Å². The van der Waals surface area contributed by atoms with Crippen molar-refractivity contribution in [3.8, 4) is 0 Å². The van der Waals surface area contributed by atoms with Gasteiger partial charge in [-0.25, -0.2) is 0 Å². The molecule has 0 saturated heterocycles. The molecule has 0 bridgehead atoms. The molecule has 0 spiro atoms. The summed E-state index contributed by atoms with van der Waals surface area (Å²) in [4.78, 5) is 0. The Morgan fingerprint density at radius 2 is 1.95 bits per heavy atom. The summed E-state index contributed by atoms with van der Waals surface area (Å²) in [5.41, 5.74) is 0.272. The first kappa shape index (κ1) is 14.4. The fourth-order valence-corrected chi connectivity index (χ4v) is 2.68. The summed E-state index contributed by atoms with van der Waals surface area (Å²) in [7, 11) is 0. The molecule has 1 aliphatic rings. The van der Waals surface area contributed by atoms with E-state index in [1.54, 1.807) is 6.07 Å². The van der Waals surface area contributed by atoms with Gasteiger partial charge in [-0.05, 0) is 55.8 Å². The largest absolute Gasteiger partial charge is 0.416 e. The molecule has 0 aliphatic heterocycles. The number of hydrogen-bond donors (Lipinski definition) is 1. The molecule has 0 radical (unpaired) electrons. The average molecular weight is 271 g/mol. The van der Waals surface area contributed by atoms with Gasteiger partial charge in [0.05, 0.1) is 5.56 Å². The molecule has 1 saturated carbocycles. The molecule has 1 aliphatic carbocycles. The van der Waals surface area contributed by atoms with Gasteiger partial charge in [0.25, 0.3) is 0 Å². The van der Waals surface area contributed by atoms with E-state index < -0.39 is 11.7 Å². The maximum atomic E-state index is 12.6. The van der Waals surface area contributed by atoms with Gasteiger partial charge in [-0.15, -0.1) is 0 Å². The van der Waals surface area contributed by atoms with Crippen molar-refractivity contribution in [1.82, 2.24) is 5.32 Å². The average Bonchev–Trinajstić information content (AvgIpc) is 2.34. The zero-order chi connectivity index (χ0) is 13.9. The highest BCUT2D eigenvalue weighted by molar-refractivity contribution is 5.26. The van der Waals surface area contributed by atoms with Crippen LogP contribution in [0, 0.1) is 11.8 Å². The number of rotatable bonds is 5. The van der Waals surface area contributed by atoms with Gasteiger partial charge in [-0.3, -0.25) is 0 Å². The van der Waals surface area contributed by atoms with E-state index in [9.17, 15) is 13.2 Å². The van der Waals surface area contributed by atoms with Gasteiger partial charge in [-0.2, -0.15) is 13.2 Å². The smallest absolute Gasteiger partial charge is 0.317 e. The molecular weight excluding hydrogens is 251 g/mol. The third kappa shape index (κ3) is 3.72. The SMILES string of the molecule is CCNCC1CCC1Cc1cccc(C(F)(F)F)c1. The summed E-state index contributed by atoms with van der Waals surface area (Å²) in [6.07, 6.45) is -1.15. The number of halogens is 3. The minimum atomic E-state index is -4.24. The highest BCUT2D eigenvalue weighted by atomic mass is 19.4. The predicted octanol–water partition coefficient (Wildman–Crippen LogP) is 3.88. The molecule has 1 fully saturated rings. The first-order valence-corrected chi connectivity index (χ1v) is 6.87. The lowest BCUT2D eigenvalue weighted by Crippen LogP contribution is -2.36. The van der Waals surface area contributed by atoms with E-state index in [2.05, 4.69) is 12.2 Å².